The molecule has 8 aliphatic rings. The second-order valence-corrected chi connectivity index (χ2v) is 16.3. The molecular formula is C37H54O10. The maximum atomic E-state index is 11.9. The van der Waals surface area contributed by atoms with E-state index in [1.54, 1.807) is 20.3 Å². The van der Waals surface area contributed by atoms with Crippen molar-refractivity contribution in [3.8, 4) is 0 Å². The fourth-order valence-electron chi connectivity index (χ4n) is 11.7. The number of methoxy groups -OCH3 is 2. The summed E-state index contributed by atoms with van der Waals surface area (Å²) in [5.74, 6) is 0.906. The van der Waals surface area contributed by atoms with E-state index in [9.17, 15) is 9.90 Å². The smallest absolute Gasteiger partial charge is 0.331 e. The highest BCUT2D eigenvalue weighted by Gasteiger charge is 2.85. The van der Waals surface area contributed by atoms with E-state index < -0.39 is 12.4 Å². The molecular weight excluding hydrogens is 604 g/mol. The molecule has 4 heterocycles. The third-order valence-corrected chi connectivity index (χ3v) is 14.3. The molecule has 8 rings (SSSR count). The molecule has 4 aliphatic heterocycles. The number of carbonyl (C=O) groups is 1. The first-order chi connectivity index (χ1) is 22.5. The molecule has 2 spiro atoms. The Balaban J connectivity index is 0.896. The number of epoxide rings is 1. The van der Waals surface area contributed by atoms with Crippen LogP contribution >= 0.6 is 0 Å². The molecule has 3 saturated heterocycles. The average Bonchev–Trinajstić information content (AvgIpc) is 3.36. The molecule has 0 radical (unpaired) electrons. The molecule has 3 saturated carbocycles. The number of aliphatic hydroxyl groups is 1. The maximum absolute atomic E-state index is 11.9. The predicted octanol–water partition coefficient (Wildman–Crippen LogP) is 4.76. The van der Waals surface area contributed by atoms with Gasteiger partial charge in [0.15, 0.2) is 12.6 Å². The predicted molar refractivity (Wildman–Crippen MR) is 169 cm³/mol. The standard InChI is InChI=1S/C37H54O10/c1-20-32(39)26(40-5)17-31(43-20)46-33-21(2)44-30(18-27(33)41-6)45-24-8-11-34(3)23(16-24)7-13-36-28(34)10-12-35(4)25(9-14-37(35,36)47-36)22-15-29(38)42-19-22/h9,15,20-21,23-24,26-28,30-33,39H,7-8,10-14,16-19H2,1-6H3. The van der Waals surface area contributed by atoms with Crippen LogP contribution in [0.2, 0.25) is 0 Å². The molecule has 4 aliphatic carbocycles. The van der Waals surface area contributed by atoms with Gasteiger partial charge >= 0.3 is 5.97 Å². The second-order valence-electron chi connectivity index (χ2n) is 16.3. The highest BCUT2D eigenvalue weighted by Crippen LogP contribution is 2.80. The fourth-order valence-corrected chi connectivity index (χ4v) is 11.7. The summed E-state index contributed by atoms with van der Waals surface area (Å²) in [5, 5.41) is 10.4. The van der Waals surface area contributed by atoms with E-state index in [0.29, 0.717) is 31.3 Å². The number of fused-ring (bicyclic) bond motifs is 2. The van der Waals surface area contributed by atoms with Crippen LogP contribution in [-0.4, -0.2) is 98.4 Å². The minimum absolute atomic E-state index is 0.0601. The average molecular weight is 659 g/mol. The Morgan fingerprint density at radius 2 is 1.64 bits per heavy atom. The van der Waals surface area contributed by atoms with Crippen molar-refractivity contribution in [2.45, 2.75) is 158 Å². The molecule has 10 nitrogen and oxygen atoms in total. The van der Waals surface area contributed by atoms with Gasteiger partial charge in [-0.05, 0) is 88.0 Å². The number of rotatable bonds is 7. The number of hydrogen-bond donors (Lipinski definition) is 1. The zero-order valence-electron chi connectivity index (χ0n) is 28.9. The Labute approximate surface area is 278 Å². The minimum Gasteiger partial charge on any atom is -0.458 e. The Bertz CT molecular complexity index is 1320. The van der Waals surface area contributed by atoms with Gasteiger partial charge in [0, 0.05) is 44.1 Å². The van der Waals surface area contributed by atoms with Crippen LogP contribution < -0.4 is 0 Å². The molecule has 15 atom stereocenters. The van der Waals surface area contributed by atoms with Gasteiger partial charge in [0.2, 0.25) is 0 Å². The lowest BCUT2D eigenvalue weighted by Crippen LogP contribution is -2.59. The molecule has 0 aromatic rings. The molecule has 0 aromatic carbocycles. The first-order valence-corrected chi connectivity index (χ1v) is 18.1. The summed E-state index contributed by atoms with van der Waals surface area (Å²) in [5.41, 5.74) is 2.31. The number of ether oxygens (including phenoxy) is 8. The molecule has 15 unspecified atom stereocenters. The van der Waals surface area contributed by atoms with Crippen LogP contribution in [0.15, 0.2) is 23.3 Å². The minimum atomic E-state index is -0.685. The molecule has 47 heavy (non-hydrogen) atoms. The van der Waals surface area contributed by atoms with Gasteiger partial charge in [0.05, 0.1) is 30.5 Å². The lowest BCUT2D eigenvalue weighted by atomic mass is 9.44. The monoisotopic (exact) mass is 658 g/mol. The normalized spacial score (nSPS) is 53.6. The van der Waals surface area contributed by atoms with Gasteiger partial charge in [-0.15, -0.1) is 0 Å². The maximum Gasteiger partial charge on any atom is 0.331 e. The molecule has 10 heteroatoms. The zero-order valence-corrected chi connectivity index (χ0v) is 28.9. The third-order valence-electron chi connectivity index (χ3n) is 14.3. The van der Waals surface area contributed by atoms with Crippen molar-refractivity contribution < 1.29 is 47.8 Å². The summed E-state index contributed by atoms with van der Waals surface area (Å²) in [6.45, 7) is 9.17. The van der Waals surface area contributed by atoms with E-state index in [0.717, 1.165) is 56.9 Å². The molecule has 1 N–H and O–H groups in total. The van der Waals surface area contributed by atoms with E-state index in [1.165, 1.54) is 5.57 Å². The van der Waals surface area contributed by atoms with Crippen LogP contribution in [0.1, 0.15) is 91.9 Å². The summed E-state index contributed by atoms with van der Waals surface area (Å²) in [6, 6.07) is 0. The first kappa shape index (κ1) is 32.8. The number of hydrogen-bond acceptors (Lipinski definition) is 10. The summed E-state index contributed by atoms with van der Waals surface area (Å²) in [6.07, 6.45) is 10.8. The molecule has 262 valence electrons. The molecule has 0 bridgehead atoms. The zero-order chi connectivity index (χ0) is 32.9. The van der Waals surface area contributed by atoms with Gasteiger partial charge in [-0.3, -0.25) is 0 Å². The summed E-state index contributed by atoms with van der Waals surface area (Å²) in [4.78, 5) is 11.9. The van der Waals surface area contributed by atoms with E-state index in [4.69, 9.17) is 37.9 Å². The fraction of sp³-hybridized carbons (Fsp3) is 0.865. The van der Waals surface area contributed by atoms with Gasteiger partial charge < -0.3 is 43.0 Å². The van der Waals surface area contributed by atoms with Gasteiger partial charge in [-0.25, -0.2) is 4.79 Å². The van der Waals surface area contributed by atoms with E-state index in [-0.39, 0.29) is 70.9 Å². The second kappa shape index (κ2) is 11.6. The Hall–Kier alpha value is -1.37. The van der Waals surface area contributed by atoms with Crippen LogP contribution in [-0.2, 0) is 42.7 Å². The molecule has 0 aromatic heterocycles. The van der Waals surface area contributed by atoms with Crippen molar-refractivity contribution in [2.75, 3.05) is 20.8 Å². The van der Waals surface area contributed by atoms with E-state index in [2.05, 4.69) is 19.9 Å². The van der Waals surface area contributed by atoms with Gasteiger partial charge in [0.25, 0.3) is 0 Å². The number of aliphatic hydroxyl groups excluding tert-OH is 1. The van der Waals surface area contributed by atoms with Crippen molar-refractivity contribution >= 4 is 5.97 Å². The highest BCUT2D eigenvalue weighted by molar-refractivity contribution is 5.87. The summed E-state index contributed by atoms with van der Waals surface area (Å²) in [7, 11) is 3.32. The van der Waals surface area contributed by atoms with E-state index in [1.807, 2.05) is 13.8 Å². The summed E-state index contributed by atoms with van der Waals surface area (Å²) >= 11 is 0. The van der Waals surface area contributed by atoms with Crippen molar-refractivity contribution in [1.29, 1.82) is 0 Å². The molecule has 0 amide bonds. The van der Waals surface area contributed by atoms with E-state index >= 15 is 0 Å². The topological polar surface area (TPSA) is 114 Å². The molecule has 6 fully saturated rings. The Morgan fingerprint density at radius 1 is 0.894 bits per heavy atom. The van der Waals surface area contributed by atoms with Crippen LogP contribution in [0.25, 0.3) is 0 Å². The SMILES string of the molecule is COC1CC(OC2C(C)OC(OC3CCC4(C)C(CCC56OC57CC=C(C5=CC(=O)OC5)C7(C)CCC46)C3)CC2OC)OC(C)C1O. The van der Waals surface area contributed by atoms with Crippen LogP contribution in [0.4, 0.5) is 0 Å². The van der Waals surface area contributed by atoms with Crippen molar-refractivity contribution in [3.63, 3.8) is 0 Å². The Kier molecular flexibility index (Phi) is 8.09. The number of cyclic esters (lactones) is 1. The highest BCUT2D eigenvalue weighted by atomic mass is 16.7. The number of esters is 1. The van der Waals surface area contributed by atoms with Crippen molar-refractivity contribution in [2.24, 2.45) is 22.7 Å². The van der Waals surface area contributed by atoms with Crippen molar-refractivity contribution in [3.05, 3.63) is 23.3 Å². The lowest BCUT2D eigenvalue weighted by molar-refractivity contribution is -0.321. The van der Waals surface area contributed by atoms with Gasteiger partial charge in [0.1, 0.15) is 30.0 Å². The number of carbonyl (C=O) groups excluding carboxylic acids is 1. The summed E-state index contributed by atoms with van der Waals surface area (Å²) < 4.78 is 49.4. The van der Waals surface area contributed by atoms with Crippen LogP contribution in [0, 0.1) is 22.7 Å². The quantitative estimate of drug-likeness (QED) is 0.234. The van der Waals surface area contributed by atoms with Gasteiger partial charge in [-0.2, -0.15) is 0 Å². The van der Waals surface area contributed by atoms with Crippen molar-refractivity contribution in [1.82, 2.24) is 0 Å². The lowest BCUT2D eigenvalue weighted by Gasteiger charge is -2.58. The first-order valence-electron chi connectivity index (χ1n) is 18.1. The van der Waals surface area contributed by atoms with Crippen LogP contribution in [0.5, 0.6) is 0 Å². The Morgan fingerprint density at radius 3 is 2.38 bits per heavy atom. The van der Waals surface area contributed by atoms with Gasteiger partial charge in [-0.1, -0.05) is 19.9 Å². The largest absolute Gasteiger partial charge is 0.458 e. The third kappa shape index (κ3) is 4.83. The van der Waals surface area contributed by atoms with Crippen LogP contribution in [0.3, 0.4) is 0 Å².